The number of hydrogen-bond acceptors (Lipinski definition) is 4. The van der Waals surface area contributed by atoms with Crippen molar-refractivity contribution in [3.8, 4) is 0 Å². The van der Waals surface area contributed by atoms with Crippen molar-refractivity contribution in [2.45, 2.75) is 6.42 Å². The van der Waals surface area contributed by atoms with Crippen LogP contribution in [0.2, 0.25) is 10.0 Å². The first-order valence-electron chi connectivity index (χ1n) is 6.99. The molecule has 2 aromatic carbocycles. The molecule has 0 aliphatic heterocycles. The highest BCUT2D eigenvalue weighted by Gasteiger charge is 2.09. The fourth-order valence-corrected chi connectivity index (χ4v) is 3.06. The summed E-state index contributed by atoms with van der Waals surface area (Å²) in [5.41, 5.74) is 1.68. The Morgan fingerprint density at radius 1 is 1.00 bits per heavy atom. The van der Waals surface area contributed by atoms with E-state index in [1.165, 1.54) is 11.3 Å². The number of rotatable bonds is 4. The molecule has 122 valence electrons. The van der Waals surface area contributed by atoms with Gasteiger partial charge in [-0.25, -0.2) is 4.79 Å². The van der Waals surface area contributed by atoms with Crippen molar-refractivity contribution in [3.05, 3.63) is 69.1 Å². The van der Waals surface area contributed by atoms with Crippen molar-refractivity contribution in [1.82, 2.24) is 10.2 Å². The first-order valence-corrected chi connectivity index (χ1v) is 8.56. The molecule has 0 spiro atoms. The van der Waals surface area contributed by atoms with Crippen molar-refractivity contribution in [1.29, 1.82) is 0 Å². The molecule has 5 nitrogen and oxygen atoms in total. The zero-order valence-corrected chi connectivity index (χ0v) is 14.6. The molecule has 0 radical (unpaired) electrons. The smallest absolute Gasteiger partial charge is 0.308 e. The Morgan fingerprint density at radius 2 is 1.79 bits per heavy atom. The summed E-state index contributed by atoms with van der Waals surface area (Å²) in [6.45, 7) is 0. The number of nitrogens with one attached hydrogen (secondary N) is 2. The lowest BCUT2D eigenvalue weighted by atomic mass is 10.2. The number of carbonyl (C=O) groups is 1. The Hall–Kier alpha value is -2.15. The standard InChI is InChI=1S/C16H12Cl2N4OS/c17-11-6-4-10(5-7-11)8-14-21-22-16(24-14)20-15(23)19-13-3-1-2-12(18)9-13/h1-7,9H,8H2,(H2,19,20,22,23). The van der Waals surface area contributed by atoms with Gasteiger partial charge in [0.2, 0.25) is 5.13 Å². The fraction of sp³-hybridized carbons (Fsp3) is 0.0625. The number of halogens is 2. The van der Waals surface area contributed by atoms with E-state index in [4.69, 9.17) is 23.2 Å². The van der Waals surface area contributed by atoms with Gasteiger partial charge in [0.25, 0.3) is 0 Å². The van der Waals surface area contributed by atoms with Gasteiger partial charge in [-0.05, 0) is 35.9 Å². The SMILES string of the molecule is O=C(Nc1cccc(Cl)c1)Nc1nnc(Cc2ccc(Cl)cc2)s1. The molecular formula is C16H12Cl2N4OS. The molecule has 0 atom stereocenters. The van der Waals surface area contributed by atoms with Crippen molar-refractivity contribution in [2.24, 2.45) is 0 Å². The molecular weight excluding hydrogens is 367 g/mol. The zero-order valence-electron chi connectivity index (χ0n) is 12.3. The summed E-state index contributed by atoms with van der Waals surface area (Å²) in [6.07, 6.45) is 0.631. The van der Waals surface area contributed by atoms with Gasteiger partial charge in [-0.3, -0.25) is 5.32 Å². The first-order chi connectivity index (χ1) is 11.6. The molecule has 3 rings (SSSR count). The second-order valence-electron chi connectivity index (χ2n) is 4.89. The Kier molecular flexibility index (Phi) is 5.30. The third-order valence-corrected chi connectivity index (χ3v) is 4.36. The molecule has 0 fully saturated rings. The van der Waals surface area contributed by atoms with E-state index in [2.05, 4.69) is 20.8 Å². The van der Waals surface area contributed by atoms with Crippen molar-refractivity contribution < 1.29 is 4.79 Å². The predicted molar refractivity (Wildman–Crippen MR) is 98.3 cm³/mol. The van der Waals surface area contributed by atoms with Crippen LogP contribution in [0.25, 0.3) is 0 Å². The van der Waals surface area contributed by atoms with Crippen LogP contribution in [-0.2, 0) is 6.42 Å². The number of amides is 2. The molecule has 0 bridgehead atoms. The normalized spacial score (nSPS) is 10.4. The monoisotopic (exact) mass is 378 g/mol. The highest BCUT2D eigenvalue weighted by molar-refractivity contribution is 7.15. The van der Waals surface area contributed by atoms with Gasteiger partial charge in [0.1, 0.15) is 5.01 Å². The lowest BCUT2D eigenvalue weighted by molar-refractivity contribution is 0.262. The average Bonchev–Trinajstić information content (AvgIpc) is 2.96. The van der Waals surface area contributed by atoms with E-state index < -0.39 is 6.03 Å². The van der Waals surface area contributed by atoms with Crippen molar-refractivity contribution in [3.63, 3.8) is 0 Å². The Bertz CT molecular complexity index is 851. The van der Waals surface area contributed by atoms with Crippen molar-refractivity contribution in [2.75, 3.05) is 10.6 Å². The van der Waals surface area contributed by atoms with Gasteiger partial charge in [-0.15, -0.1) is 10.2 Å². The molecule has 0 saturated carbocycles. The van der Waals surface area contributed by atoms with E-state index in [1.54, 1.807) is 24.3 Å². The number of benzene rings is 2. The van der Waals surface area contributed by atoms with Gasteiger partial charge in [-0.2, -0.15) is 0 Å². The van der Waals surface area contributed by atoms with Crippen LogP contribution in [0.15, 0.2) is 48.5 Å². The molecule has 2 N–H and O–H groups in total. The fourth-order valence-electron chi connectivity index (χ4n) is 1.98. The van der Waals surface area contributed by atoms with Crippen LogP contribution in [0.5, 0.6) is 0 Å². The summed E-state index contributed by atoms with van der Waals surface area (Å²) in [6, 6.07) is 14.0. The van der Waals surface area contributed by atoms with Gasteiger partial charge < -0.3 is 5.32 Å². The minimum Gasteiger partial charge on any atom is -0.308 e. The zero-order chi connectivity index (χ0) is 16.9. The summed E-state index contributed by atoms with van der Waals surface area (Å²) in [7, 11) is 0. The molecule has 0 aliphatic carbocycles. The summed E-state index contributed by atoms with van der Waals surface area (Å²) >= 11 is 13.1. The van der Waals surface area contributed by atoms with Gasteiger partial charge in [0.15, 0.2) is 0 Å². The molecule has 3 aromatic rings. The Morgan fingerprint density at radius 3 is 2.54 bits per heavy atom. The van der Waals surface area contributed by atoms with E-state index in [0.29, 0.717) is 27.3 Å². The summed E-state index contributed by atoms with van der Waals surface area (Å²) in [5, 5.41) is 15.9. The first kappa shape index (κ1) is 16.7. The Balaban J connectivity index is 1.59. The number of aromatic nitrogens is 2. The topological polar surface area (TPSA) is 66.9 Å². The van der Waals surface area contributed by atoms with Gasteiger partial charge in [0.05, 0.1) is 0 Å². The van der Waals surface area contributed by atoms with Gasteiger partial charge in [-0.1, -0.05) is 52.7 Å². The van der Waals surface area contributed by atoms with Crippen LogP contribution in [0.1, 0.15) is 10.6 Å². The molecule has 2 amide bonds. The third kappa shape index (κ3) is 4.67. The minimum absolute atomic E-state index is 0.397. The molecule has 0 saturated heterocycles. The Labute approximate surface area is 152 Å². The number of anilines is 2. The molecule has 0 unspecified atom stereocenters. The highest BCUT2D eigenvalue weighted by Crippen LogP contribution is 2.20. The second-order valence-corrected chi connectivity index (χ2v) is 6.83. The van der Waals surface area contributed by atoms with Crippen LogP contribution in [0.3, 0.4) is 0 Å². The van der Waals surface area contributed by atoms with E-state index in [9.17, 15) is 4.79 Å². The van der Waals surface area contributed by atoms with Crippen LogP contribution in [0.4, 0.5) is 15.6 Å². The van der Waals surface area contributed by atoms with Crippen LogP contribution in [-0.4, -0.2) is 16.2 Å². The van der Waals surface area contributed by atoms with Crippen LogP contribution < -0.4 is 10.6 Å². The summed E-state index contributed by atoms with van der Waals surface area (Å²) in [5.74, 6) is 0. The number of urea groups is 1. The second kappa shape index (κ2) is 7.61. The van der Waals surface area contributed by atoms with E-state index >= 15 is 0 Å². The number of nitrogens with zero attached hydrogens (tertiary/aromatic N) is 2. The van der Waals surface area contributed by atoms with Crippen molar-refractivity contribution >= 4 is 51.4 Å². The molecule has 8 heteroatoms. The number of carbonyl (C=O) groups excluding carboxylic acids is 1. The van der Waals surface area contributed by atoms with E-state index in [-0.39, 0.29) is 0 Å². The largest absolute Gasteiger partial charge is 0.325 e. The molecule has 24 heavy (non-hydrogen) atoms. The number of hydrogen-bond donors (Lipinski definition) is 2. The average molecular weight is 379 g/mol. The van der Waals surface area contributed by atoms with E-state index in [1.807, 2.05) is 24.3 Å². The summed E-state index contributed by atoms with van der Waals surface area (Å²) in [4.78, 5) is 12.0. The van der Waals surface area contributed by atoms with Crippen LogP contribution >= 0.6 is 34.5 Å². The highest BCUT2D eigenvalue weighted by atomic mass is 35.5. The maximum Gasteiger partial charge on any atom is 0.325 e. The summed E-state index contributed by atoms with van der Waals surface area (Å²) < 4.78 is 0. The predicted octanol–water partition coefficient (Wildman–Crippen LogP) is 5.08. The lowest BCUT2D eigenvalue weighted by Gasteiger charge is -2.04. The maximum atomic E-state index is 12.0. The lowest BCUT2D eigenvalue weighted by Crippen LogP contribution is -2.19. The van der Waals surface area contributed by atoms with Gasteiger partial charge >= 0.3 is 6.03 Å². The molecule has 1 heterocycles. The van der Waals surface area contributed by atoms with Gasteiger partial charge in [0, 0.05) is 22.2 Å². The minimum atomic E-state index is -0.397. The maximum absolute atomic E-state index is 12.0. The molecule has 1 aromatic heterocycles. The third-order valence-electron chi connectivity index (χ3n) is 3.04. The van der Waals surface area contributed by atoms with E-state index in [0.717, 1.165) is 10.6 Å². The van der Waals surface area contributed by atoms with Crippen LogP contribution in [0, 0.1) is 0 Å². The molecule has 0 aliphatic rings. The quantitative estimate of drug-likeness (QED) is 0.664.